The van der Waals surface area contributed by atoms with Gasteiger partial charge in [0, 0.05) is 12.5 Å². The van der Waals surface area contributed by atoms with E-state index in [4.69, 9.17) is 0 Å². The van der Waals surface area contributed by atoms with Gasteiger partial charge in [-0.15, -0.1) is 0 Å². The molecule has 86 valence electrons. The molecular weight excluding hydrogens is 208 g/mol. The molecule has 16 heavy (non-hydrogen) atoms. The largest absolute Gasteiger partial charge is 0.385 e. The summed E-state index contributed by atoms with van der Waals surface area (Å²) in [6.07, 6.45) is 2.49. The highest BCUT2D eigenvalue weighted by molar-refractivity contribution is 4.96. The van der Waals surface area contributed by atoms with Crippen molar-refractivity contribution in [3.05, 3.63) is 24.3 Å². The molecule has 2 aromatic rings. The maximum absolute atomic E-state index is 9.87. The zero-order valence-corrected chi connectivity index (χ0v) is 9.20. The van der Waals surface area contributed by atoms with E-state index >= 15 is 0 Å². The van der Waals surface area contributed by atoms with Gasteiger partial charge in [-0.3, -0.25) is 5.10 Å². The fourth-order valence-electron chi connectivity index (χ4n) is 1.50. The molecule has 1 unspecified atom stereocenters. The predicted octanol–water partition coefficient (Wildman–Crippen LogP) is 0.253. The van der Waals surface area contributed by atoms with Crippen LogP contribution >= 0.6 is 0 Å². The number of nitrogens with one attached hydrogen (secondary N) is 1. The summed E-state index contributed by atoms with van der Waals surface area (Å²) in [6, 6.07) is 0.222. The number of rotatable bonds is 4. The van der Waals surface area contributed by atoms with Crippen molar-refractivity contribution in [2.75, 3.05) is 0 Å². The SMILES string of the molecule is CC(C)n1ncnc1CC(O)c1ncn[nH]1. The molecule has 7 nitrogen and oxygen atoms in total. The van der Waals surface area contributed by atoms with Crippen molar-refractivity contribution in [3.8, 4) is 0 Å². The van der Waals surface area contributed by atoms with Crippen molar-refractivity contribution in [1.29, 1.82) is 0 Å². The summed E-state index contributed by atoms with van der Waals surface area (Å²) >= 11 is 0. The third kappa shape index (κ3) is 2.08. The van der Waals surface area contributed by atoms with Crippen LogP contribution in [0.15, 0.2) is 12.7 Å². The van der Waals surface area contributed by atoms with E-state index < -0.39 is 6.10 Å². The van der Waals surface area contributed by atoms with E-state index in [-0.39, 0.29) is 6.04 Å². The van der Waals surface area contributed by atoms with Gasteiger partial charge in [-0.25, -0.2) is 14.6 Å². The van der Waals surface area contributed by atoms with Crippen LogP contribution in [0.3, 0.4) is 0 Å². The highest BCUT2D eigenvalue weighted by Crippen LogP contribution is 2.14. The van der Waals surface area contributed by atoms with Crippen molar-refractivity contribution in [1.82, 2.24) is 29.9 Å². The van der Waals surface area contributed by atoms with Crippen molar-refractivity contribution in [3.63, 3.8) is 0 Å². The minimum atomic E-state index is -0.732. The average Bonchev–Trinajstić information content (AvgIpc) is 2.86. The molecule has 2 aromatic heterocycles. The molecule has 7 heteroatoms. The van der Waals surface area contributed by atoms with E-state index in [2.05, 4.69) is 25.3 Å². The lowest BCUT2D eigenvalue weighted by molar-refractivity contribution is 0.164. The second kappa shape index (κ2) is 4.40. The van der Waals surface area contributed by atoms with Crippen molar-refractivity contribution in [2.45, 2.75) is 32.4 Å². The Labute approximate surface area is 92.6 Å². The quantitative estimate of drug-likeness (QED) is 0.773. The highest BCUT2D eigenvalue weighted by atomic mass is 16.3. The van der Waals surface area contributed by atoms with Crippen LogP contribution in [0.25, 0.3) is 0 Å². The van der Waals surface area contributed by atoms with Crippen LogP contribution in [-0.4, -0.2) is 35.1 Å². The summed E-state index contributed by atoms with van der Waals surface area (Å²) in [6.45, 7) is 4.03. The van der Waals surface area contributed by atoms with Gasteiger partial charge < -0.3 is 5.11 Å². The van der Waals surface area contributed by atoms with Gasteiger partial charge in [-0.2, -0.15) is 10.2 Å². The molecule has 0 aromatic carbocycles. The van der Waals surface area contributed by atoms with Gasteiger partial charge in [-0.1, -0.05) is 0 Å². The van der Waals surface area contributed by atoms with Gasteiger partial charge in [0.05, 0.1) is 0 Å². The first-order chi connectivity index (χ1) is 7.68. The Kier molecular flexibility index (Phi) is 2.95. The van der Waals surface area contributed by atoms with Crippen LogP contribution in [0.4, 0.5) is 0 Å². The Hall–Kier alpha value is -1.76. The molecule has 0 spiro atoms. The molecule has 0 aliphatic rings. The molecular formula is C9H14N6O. The zero-order chi connectivity index (χ0) is 11.5. The van der Waals surface area contributed by atoms with Crippen LogP contribution in [0, 0.1) is 0 Å². The second-order valence-electron chi connectivity index (χ2n) is 3.81. The monoisotopic (exact) mass is 222 g/mol. The number of hydrogen-bond acceptors (Lipinski definition) is 5. The van der Waals surface area contributed by atoms with Gasteiger partial charge in [0.15, 0.2) is 5.82 Å². The number of aliphatic hydroxyl groups excluding tert-OH is 1. The molecule has 0 aliphatic carbocycles. The normalized spacial score (nSPS) is 13.2. The topological polar surface area (TPSA) is 92.5 Å². The lowest BCUT2D eigenvalue weighted by Gasteiger charge is -2.11. The molecule has 2 rings (SSSR count). The van der Waals surface area contributed by atoms with E-state index in [9.17, 15) is 5.11 Å². The Balaban J connectivity index is 2.12. The van der Waals surface area contributed by atoms with Crippen molar-refractivity contribution >= 4 is 0 Å². The molecule has 2 heterocycles. The first kappa shape index (κ1) is 10.7. The molecule has 0 aliphatic heterocycles. The van der Waals surface area contributed by atoms with E-state index in [1.807, 2.05) is 13.8 Å². The Morgan fingerprint density at radius 1 is 1.38 bits per heavy atom. The fourth-order valence-corrected chi connectivity index (χ4v) is 1.50. The minimum Gasteiger partial charge on any atom is -0.385 e. The molecule has 0 radical (unpaired) electrons. The molecule has 0 saturated carbocycles. The number of hydrogen-bond donors (Lipinski definition) is 2. The summed E-state index contributed by atoms with van der Waals surface area (Å²) in [5, 5.41) is 20.3. The maximum Gasteiger partial charge on any atom is 0.153 e. The second-order valence-corrected chi connectivity index (χ2v) is 3.81. The molecule has 1 atom stereocenters. The average molecular weight is 222 g/mol. The summed E-state index contributed by atoms with van der Waals surface area (Å²) in [4.78, 5) is 8.01. The van der Waals surface area contributed by atoms with Crippen LogP contribution in [0.5, 0.6) is 0 Å². The maximum atomic E-state index is 9.87. The van der Waals surface area contributed by atoms with Gasteiger partial charge in [0.1, 0.15) is 24.6 Å². The first-order valence-corrected chi connectivity index (χ1v) is 5.10. The lowest BCUT2D eigenvalue weighted by Crippen LogP contribution is -2.13. The number of aromatic nitrogens is 6. The number of aromatic amines is 1. The van der Waals surface area contributed by atoms with E-state index in [1.54, 1.807) is 4.68 Å². The summed E-state index contributed by atoms with van der Waals surface area (Å²) in [5.41, 5.74) is 0. The number of H-pyrrole nitrogens is 1. The van der Waals surface area contributed by atoms with Crippen LogP contribution in [0.1, 0.15) is 37.6 Å². The Morgan fingerprint density at radius 3 is 2.81 bits per heavy atom. The summed E-state index contributed by atoms with van der Waals surface area (Å²) in [7, 11) is 0. The summed E-state index contributed by atoms with van der Waals surface area (Å²) < 4.78 is 1.78. The van der Waals surface area contributed by atoms with E-state index in [1.165, 1.54) is 12.7 Å². The first-order valence-electron chi connectivity index (χ1n) is 5.10. The Bertz CT molecular complexity index is 435. The third-order valence-electron chi connectivity index (χ3n) is 2.26. The molecule has 0 bridgehead atoms. The van der Waals surface area contributed by atoms with Crippen LogP contribution < -0.4 is 0 Å². The standard InChI is InChI=1S/C9H14N6O/c1-6(2)15-8(10-5-13-15)3-7(16)9-11-4-12-14-9/h4-7,16H,3H2,1-2H3,(H,11,12,14). The van der Waals surface area contributed by atoms with Crippen LogP contribution in [-0.2, 0) is 6.42 Å². The molecule has 0 fully saturated rings. The smallest absolute Gasteiger partial charge is 0.153 e. The lowest BCUT2D eigenvalue weighted by atomic mass is 10.2. The minimum absolute atomic E-state index is 0.222. The molecule has 2 N–H and O–H groups in total. The fraction of sp³-hybridized carbons (Fsp3) is 0.556. The highest BCUT2D eigenvalue weighted by Gasteiger charge is 2.16. The van der Waals surface area contributed by atoms with Crippen molar-refractivity contribution < 1.29 is 5.11 Å². The summed E-state index contributed by atoms with van der Waals surface area (Å²) in [5.74, 6) is 1.18. The Morgan fingerprint density at radius 2 is 2.19 bits per heavy atom. The van der Waals surface area contributed by atoms with E-state index in [0.29, 0.717) is 12.2 Å². The zero-order valence-electron chi connectivity index (χ0n) is 9.20. The van der Waals surface area contributed by atoms with Gasteiger partial charge >= 0.3 is 0 Å². The van der Waals surface area contributed by atoms with Crippen molar-refractivity contribution in [2.24, 2.45) is 0 Å². The number of aliphatic hydroxyl groups is 1. The van der Waals surface area contributed by atoms with Gasteiger partial charge in [0.2, 0.25) is 0 Å². The third-order valence-corrected chi connectivity index (χ3v) is 2.26. The number of nitrogens with zero attached hydrogens (tertiary/aromatic N) is 5. The molecule has 0 saturated heterocycles. The van der Waals surface area contributed by atoms with Crippen LogP contribution in [0.2, 0.25) is 0 Å². The predicted molar refractivity (Wildman–Crippen MR) is 55.5 cm³/mol. The van der Waals surface area contributed by atoms with Gasteiger partial charge in [-0.05, 0) is 13.8 Å². The van der Waals surface area contributed by atoms with E-state index in [0.717, 1.165) is 5.82 Å². The molecule has 0 amide bonds. The van der Waals surface area contributed by atoms with Gasteiger partial charge in [0.25, 0.3) is 0 Å².